The van der Waals surface area contributed by atoms with E-state index in [0.717, 1.165) is 17.7 Å². The van der Waals surface area contributed by atoms with E-state index in [1.807, 2.05) is 32.0 Å². The molecule has 1 heterocycles. The van der Waals surface area contributed by atoms with Gasteiger partial charge in [-0.3, -0.25) is 20.2 Å². The zero-order valence-electron chi connectivity index (χ0n) is 17.0. The number of nitro benzene ring substituents is 1. The van der Waals surface area contributed by atoms with Gasteiger partial charge in [-0.1, -0.05) is 19.9 Å². The normalized spacial score (nSPS) is 14.8. The van der Waals surface area contributed by atoms with Crippen molar-refractivity contribution in [2.24, 2.45) is 5.92 Å². The van der Waals surface area contributed by atoms with Gasteiger partial charge in [0.15, 0.2) is 11.5 Å². The van der Waals surface area contributed by atoms with Gasteiger partial charge in [-0.05, 0) is 42.7 Å². The Labute approximate surface area is 173 Å². The van der Waals surface area contributed by atoms with E-state index >= 15 is 0 Å². The van der Waals surface area contributed by atoms with Crippen LogP contribution in [0.5, 0.6) is 11.5 Å². The molecule has 1 aliphatic heterocycles. The zero-order chi connectivity index (χ0) is 21.8. The Morgan fingerprint density at radius 3 is 2.47 bits per heavy atom. The van der Waals surface area contributed by atoms with Gasteiger partial charge in [0.05, 0.1) is 11.0 Å². The maximum absolute atomic E-state index is 13.5. The average Bonchev–Trinajstić information content (AvgIpc) is 2.72. The molecule has 3 rings (SSSR count). The van der Waals surface area contributed by atoms with Gasteiger partial charge >= 0.3 is 5.69 Å². The molecule has 0 fully saturated rings. The first-order chi connectivity index (χ1) is 14.3. The monoisotopic (exact) mass is 417 g/mol. The topological polar surface area (TPSA) is 103 Å². The fourth-order valence-corrected chi connectivity index (χ4v) is 3.25. The Kier molecular flexibility index (Phi) is 6.51. The van der Waals surface area contributed by atoms with Crippen LogP contribution in [0.1, 0.15) is 32.4 Å². The summed E-state index contributed by atoms with van der Waals surface area (Å²) in [6.07, 6.45) is 0. The smallest absolute Gasteiger partial charge is 0.306 e. The van der Waals surface area contributed by atoms with Gasteiger partial charge in [0.25, 0.3) is 0 Å². The Hall–Kier alpha value is -3.20. The third kappa shape index (κ3) is 4.85. The lowest BCUT2D eigenvalue weighted by Crippen LogP contribution is -2.41. The van der Waals surface area contributed by atoms with Crippen LogP contribution in [0.3, 0.4) is 0 Å². The quantitative estimate of drug-likeness (QED) is 0.524. The number of ether oxygens (including phenoxy) is 2. The molecule has 0 unspecified atom stereocenters. The second-order valence-electron chi connectivity index (χ2n) is 7.43. The number of amides is 1. The Morgan fingerprint density at radius 1 is 1.10 bits per heavy atom. The number of nitro groups is 1. The highest BCUT2D eigenvalue weighted by Gasteiger charge is 2.24. The second-order valence-corrected chi connectivity index (χ2v) is 7.43. The highest BCUT2D eigenvalue weighted by Crippen LogP contribution is 2.34. The molecule has 1 amide bonds. The van der Waals surface area contributed by atoms with Crippen molar-refractivity contribution in [3.63, 3.8) is 0 Å². The molecular formula is C21H24FN3O5. The molecule has 2 atom stereocenters. The maximum Gasteiger partial charge on any atom is 0.306 e. The van der Waals surface area contributed by atoms with Crippen LogP contribution in [0.25, 0.3) is 0 Å². The van der Waals surface area contributed by atoms with Gasteiger partial charge < -0.3 is 14.8 Å². The summed E-state index contributed by atoms with van der Waals surface area (Å²) in [5.74, 6) is 0.176. The first-order valence-electron chi connectivity index (χ1n) is 9.66. The van der Waals surface area contributed by atoms with E-state index in [-0.39, 0.29) is 23.6 Å². The highest BCUT2D eigenvalue weighted by molar-refractivity contribution is 5.94. The average molecular weight is 417 g/mol. The minimum atomic E-state index is -0.956. The molecule has 0 aliphatic carbocycles. The molecular weight excluding hydrogens is 393 g/mol. The molecule has 0 saturated heterocycles. The number of rotatable bonds is 7. The molecule has 0 radical (unpaired) electrons. The number of halogens is 1. The molecule has 0 saturated carbocycles. The first kappa shape index (κ1) is 21.5. The Balaban J connectivity index is 1.72. The van der Waals surface area contributed by atoms with Crippen LogP contribution >= 0.6 is 0 Å². The molecule has 9 heteroatoms. The largest absolute Gasteiger partial charge is 0.486 e. The third-order valence-electron chi connectivity index (χ3n) is 4.83. The van der Waals surface area contributed by atoms with E-state index in [1.165, 1.54) is 6.07 Å². The number of carbonyl (C=O) groups is 1. The van der Waals surface area contributed by atoms with E-state index in [4.69, 9.17) is 9.47 Å². The van der Waals surface area contributed by atoms with Crippen molar-refractivity contribution in [2.75, 3.05) is 18.5 Å². The number of carbonyl (C=O) groups excluding carboxylic acids is 1. The molecule has 2 N–H and O–H groups in total. The summed E-state index contributed by atoms with van der Waals surface area (Å²) in [6.45, 7) is 6.75. The predicted octanol–water partition coefficient (Wildman–Crippen LogP) is 3.82. The summed E-state index contributed by atoms with van der Waals surface area (Å²) < 4.78 is 24.7. The van der Waals surface area contributed by atoms with Crippen molar-refractivity contribution in [3.05, 3.63) is 57.9 Å². The van der Waals surface area contributed by atoms with Crippen LogP contribution in [0.15, 0.2) is 36.4 Å². The number of nitrogens with zero attached hydrogens (tertiary/aromatic N) is 1. The SMILES string of the molecule is CC(C)[C@H](N[C@H](C)C(=O)Nc1ccc(F)c([N+](=O)[O-])c1)c1ccc2c(c1)OCCO2. The van der Waals surface area contributed by atoms with E-state index in [1.54, 1.807) is 6.92 Å². The van der Waals surface area contributed by atoms with Crippen molar-refractivity contribution >= 4 is 17.3 Å². The van der Waals surface area contributed by atoms with Gasteiger partial charge in [0.2, 0.25) is 11.7 Å². The van der Waals surface area contributed by atoms with Gasteiger partial charge in [-0.25, -0.2) is 0 Å². The first-order valence-corrected chi connectivity index (χ1v) is 9.66. The summed E-state index contributed by atoms with van der Waals surface area (Å²) in [4.78, 5) is 22.7. The lowest BCUT2D eigenvalue weighted by atomic mass is 9.94. The molecule has 160 valence electrons. The van der Waals surface area contributed by atoms with E-state index in [2.05, 4.69) is 10.6 Å². The summed E-state index contributed by atoms with van der Waals surface area (Å²) in [7, 11) is 0. The number of nitrogens with one attached hydrogen (secondary N) is 2. The lowest BCUT2D eigenvalue weighted by molar-refractivity contribution is -0.387. The van der Waals surface area contributed by atoms with Crippen molar-refractivity contribution in [3.8, 4) is 11.5 Å². The van der Waals surface area contributed by atoms with E-state index < -0.39 is 22.5 Å². The van der Waals surface area contributed by atoms with Crippen molar-refractivity contribution < 1.29 is 23.6 Å². The fraction of sp³-hybridized carbons (Fsp3) is 0.381. The molecule has 30 heavy (non-hydrogen) atoms. The third-order valence-corrected chi connectivity index (χ3v) is 4.83. The van der Waals surface area contributed by atoms with Gasteiger partial charge in [0, 0.05) is 17.8 Å². The molecule has 0 bridgehead atoms. The van der Waals surface area contributed by atoms with Crippen LogP contribution < -0.4 is 20.1 Å². The Bertz CT molecular complexity index is 950. The standard InChI is InChI=1S/C21H24FN3O5/c1-12(2)20(14-4-7-18-19(10-14)30-9-8-29-18)23-13(3)21(26)24-15-5-6-16(22)17(11-15)25(27)28/h4-7,10-13,20,23H,8-9H2,1-3H3,(H,24,26)/t13-,20+/m1/s1. The summed E-state index contributed by atoms with van der Waals surface area (Å²) in [6, 6.07) is 8.16. The van der Waals surface area contributed by atoms with Gasteiger partial charge in [-0.15, -0.1) is 0 Å². The van der Waals surface area contributed by atoms with Gasteiger partial charge in [0.1, 0.15) is 13.2 Å². The second kappa shape index (κ2) is 9.08. The van der Waals surface area contributed by atoms with Crippen LogP contribution in [-0.2, 0) is 4.79 Å². The molecule has 1 aliphatic rings. The van der Waals surface area contributed by atoms with Crippen molar-refractivity contribution in [2.45, 2.75) is 32.9 Å². The molecule has 2 aromatic carbocycles. The van der Waals surface area contributed by atoms with Crippen LogP contribution in [0.2, 0.25) is 0 Å². The highest BCUT2D eigenvalue weighted by atomic mass is 19.1. The minimum Gasteiger partial charge on any atom is -0.486 e. The summed E-state index contributed by atoms with van der Waals surface area (Å²) >= 11 is 0. The van der Waals surface area contributed by atoms with E-state index in [0.29, 0.717) is 24.7 Å². The number of fused-ring (bicyclic) bond motifs is 1. The molecule has 0 spiro atoms. The molecule has 0 aromatic heterocycles. The number of hydrogen-bond donors (Lipinski definition) is 2. The zero-order valence-corrected chi connectivity index (χ0v) is 17.0. The fourth-order valence-electron chi connectivity index (χ4n) is 3.25. The number of hydrogen-bond acceptors (Lipinski definition) is 6. The number of anilines is 1. The van der Waals surface area contributed by atoms with Gasteiger partial charge in [-0.2, -0.15) is 4.39 Å². The molecule has 2 aromatic rings. The summed E-state index contributed by atoms with van der Waals surface area (Å²) in [5.41, 5.74) is 0.415. The van der Waals surface area contributed by atoms with E-state index in [9.17, 15) is 19.3 Å². The van der Waals surface area contributed by atoms with Crippen LogP contribution in [-0.4, -0.2) is 30.1 Å². The van der Waals surface area contributed by atoms with Crippen LogP contribution in [0.4, 0.5) is 15.8 Å². The maximum atomic E-state index is 13.5. The van der Waals surface area contributed by atoms with Crippen molar-refractivity contribution in [1.29, 1.82) is 0 Å². The van der Waals surface area contributed by atoms with Crippen molar-refractivity contribution in [1.82, 2.24) is 5.32 Å². The molecule has 8 nitrogen and oxygen atoms in total. The number of benzene rings is 2. The minimum absolute atomic E-state index is 0.149. The van der Waals surface area contributed by atoms with Crippen LogP contribution in [0, 0.1) is 21.8 Å². The summed E-state index contributed by atoms with van der Waals surface area (Å²) in [5, 5.41) is 16.8. The predicted molar refractivity (Wildman–Crippen MR) is 109 cm³/mol. The Morgan fingerprint density at radius 2 is 1.80 bits per heavy atom. The lowest BCUT2D eigenvalue weighted by Gasteiger charge is -2.28.